The predicted octanol–water partition coefficient (Wildman–Crippen LogP) is 3.31. The normalized spacial score (nSPS) is 19.5. The molecule has 1 spiro atoms. The number of likely N-dealkylation sites (tertiary alicyclic amines) is 2. The highest BCUT2D eigenvalue weighted by atomic mass is 16.5. The Labute approximate surface area is 165 Å². The average Bonchev–Trinajstić information content (AvgIpc) is 3.19. The summed E-state index contributed by atoms with van der Waals surface area (Å²) >= 11 is 0. The molecule has 1 aromatic heterocycles. The molecule has 28 heavy (non-hydrogen) atoms. The minimum absolute atomic E-state index is 0.0850. The second-order valence-electron chi connectivity index (χ2n) is 8.13. The summed E-state index contributed by atoms with van der Waals surface area (Å²) in [4.78, 5) is 29.2. The maximum atomic E-state index is 12.9. The largest absolute Gasteiger partial charge is 0.464 e. The van der Waals surface area contributed by atoms with Crippen LogP contribution in [0.5, 0.6) is 0 Å². The number of nitrogens with zero attached hydrogens (tertiary/aromatic N) is 2. The summed E-state index contributed by atoms with van der Waals surface area (Å²) in [7, 11) is 1.69. The quantitative estimate of drug-likeness (QED) is 0.742. The molecule has 6 nitrogen and oxygen atoms in total. The van der Waals surface area contributed by atoms with Gasteiger partial charge in [-0.2, -0.15) is 0 Å². The van der Waals surface area contributed by atoms with Crippen molar-refractivity contribution in [2.45, 2.75) is 32.1 Å². The standard InChI is InChI=1S/C22H28N2O4/c1-27-13-2-10-24-16-22(7-5-20(24)25)8-11-23(12-9-22)21(26)18-3-4-19-17(15-18)6-14-28-19/h3-4,6,14-15H,2,5,7-13,16H2,1H3. The van der Waals surface area contributed by atoms with Gasteiger partial charge in [0.2, 0.25) is 5.91 Å². The van der Waals surface area contributed by atoms with Crippen molar-refractivity contribution in [3.63, 3.8) is 0 Å². The lowest BCUT2D eigenvalue weighted by Crippen LogP contribution is -2.52. The fourth-order valence-electron chi connectivity index (χ4n) is 4.58. The molecule has 1 aromatic carbocycles. The Bertz CT molecular complexity index is 851. The maximum Gasteiger partial charge on any atom is 0.253 e. The highest BCUT2D eigenvalue weighted by Gasteiger charge is 2.41. The molecule has 150 valence electrons. The summed E-state index contributed by atoms with van der Waals surface area (Å²) in [5.74, 6) is 0.343. The number of amides is 2. The van der Waals surface area contributed by atoms with E-state index in [1.807, 2.05) is 34.1 Å². The molecule has 3 heterocycles. The van der Waals surface area contributed by atoms with Crippen LogP contribution in [0.15, 0.2) is 34.9 Å². The topological polar surface area (TPSA) is 63.0 Å². The van der Waals surface area contributed by atoms with E-state index in [9.17, 15) is 9.59 Å². The summed E-state index contributed by atoms with van der Waals surface area (Å²) in [6, 6.07) is 7.49. The number of ether oxygens (including phenoxy) is 1. The Hall–Kier alpha value is -2.34. The van der Waals surface area contributed by atoms with Gasteiger partial charge in [0, 0.05) is 57.3 Å². The number of benzene rings is 1. The van der Waals surface area contributed by atoms with Crippen LogP contribution in [0.3, 0.4) is 0 Å². The summed E-state index contributed by atoms with van der Waals surface area (Å²) in [5, 5.41) is 0.955. The molecular weight excluding hydrogens is 356 g/mol. The Kier molecular flexibility index (Phi) is 5.40. The second-order valence-corrected chi connectivity index (χ2v) is 8.13. The number of furan rings is 1. The van der Waals surface area contributed by atoms with Gasteiger partial charge in [-0.25, -0.2) is 0 Å². The minimum atomic E-state index is 0.0850. The molecule has 6 heteroatoms. The van der Waals surface area contributed by atoms with E-state index in [-0.39, 0.29) is 17.2 Å². The Morgan fingerprint density at radius 2 is 2.04 bits per heavy atom. The summed E-state index contributed by atoms with van der Waals surface area (Å²) in [6.45, 7) is 3.77. The average molecular weight is 384 g/mol. The molecule has 2 saturated heterocycles. The lowest BCUT2D eigenvalue weighted by atomic mass is 9.72. The Balaban J connectivity index is 1.38. The van der Waals surface area contributed by atoms with Crippen LogP contribution in [-0.2, 0) is 9.53 Å². The van der Waals surface area contributed by atoms with Gasteiger partial charge in [-0.15, -0.1) is 0 Å². The number of rotatable bonds is 5. The third kappa shape index (κ3) is 3.78. The predicted molar refractivity (Wildman–Crippen MR) is 106 cm³/mol. The molecule has 4 rings (SSSR count). The number of hydrogen-bond acceptors (Lipinski definition) is 4. The summed E-state index contributed by atoms with van der Waals surface area (Å²) < 4.78 is 10.5. The van der Waals surface area contributed by atoms with Gasteiger partial charge in [0.15, 0.2) is 0 Å². The van der Waals surface area contributed by atoms with Crippen molar-refractivity contribution in [3.8, 4) is 0 Å². The number of piperidine rings is 2. The number of carbonyl (C=O) groups excluding carboxylic acids is 2. The van der Waals surface area contributed by atoms with Gasteiger partial charge in [0.1, 0.15) is 5.58 Å². The van der Waals surface area contributed by atoms with E-state index in [2.05, 4.69) is 0 Å². The van der Waals surface area contributed by atoms with Gasteiger partial charge in [0.25, 0.3) is 5.91 Å². The van der Waals surface area contributed by atoms with Crippen LogP contribution in [0.25, 0.3) is 11.0 Å². The molecule has 2 amide bonds. The van der Waals surface area contributed by atoms with Crippen molar-refractivity contribution in [2.24, 2.45) is 5.41 Å². The third-order valence-electron chi connectivity index (χ3n) is 6.34. The van der Waals surface area contributed by atoms with Gasteiger partial charge in [-0.3, -0.25) is 9.59 Å². The van der Waals surface area contributed by atoms with E-state index in [1.165, 1.54) is 0 Å². The van der Waals surface area contributed by atoms with E-state index in [1.54, 1.807) is 13.4 Å². The zero-order valence-corrected chi connectivity index (χ0v) is 16.5. The molecule has 2 aromatic rings. The van der Waals surface area contributed by atoms with Gasteiger partial charge in [-0.1, -0.05) is 0 Å². The van der Waals surface area contributed by atoms with Crippen LogP contribution in [-0.4, -0.2) is 61.5 Å². The van der Waals surface area contributed by atoms with Crippen molar-refractivity contribution in [1.82, 2.24) is 9.80 Å². The second kappa shape index (κ2) is 7.95. The molecule has 0 bridgehead atoms. The van der Waals surface area contributed by atoms with Crippen molar-refractivity contribution in [1.29, 1.82) is 0 Å². The fraction of sp³-hybridized carbons (Fsp3) is 0.545. The van der Waals surface area contributed by atoms with Crippen molar-refractivity contribution in [2.75, 3.05) is 39.9 Å². The molecule has 0 atom stereocenters. The molecule has 0 saturated carbocycles. The number of fused-ring (bicyclic) bond motifs is 1. The highest BCUT2D eigenvalue weighted by Crippen LogP contribution is 2.40. The minimum Gasteiger partial charge on any atom is -0.464 e. The van der Waals surface area contributed by atoms with Crippen molar-refractivity contribution >= 4 is 22.8 Å². The van der Waals surface area contributed by atoms with Crippen molar-refractivity contribution < 1.29 is 18.7 Å². The van der Waals surface area contributed by atoms with Crippen LogP contribution in [0, 0.1) is 5.41 Å². The SMILES string of the molecule is COCCCN1CC2(CCC1=O)CCN(C(=O)c1ccc3occc3c1)CC2. The van der Waals surface area contributed by atoms with Crippen LogP contribution in [0.4, 0.5) is 0 Å². The van der Waals surface area contributed by atoms with Crippen LogP contribution in [0.2, 0.25) is 0 Å². The zero-order chi connectivity index (χ0) is 19.6. The first-order chi connectivity index (χ1) is 13.6. The molecule has 2 aliphatic heterocycles. The molecular formula is C22H28N2O4. The first-order valence-electron chi connectivity index (χ1n) is 10.1. The maximum absolute atomic E-state index is 12.9. The lowest BCUT2D eigenvalue weighted by molar-refractivity contribution is -0.139. The van der Waals surface area contributed by atoms with E-state index >= 15 is 0 Å². The monoisotopic (exact) mass is 384 g/mol. The molecule has 0 N–H and O–H groups in total. The smallest absolute Gasteiger partial charge is 0.253 e. The van der Waals surface area contributed by atoms with E-state index in [4.69, 9.17) is 9.15 Å². The Morgan fingerprint density at radius 3 is 2.82 bits per heavy atom. The number of methoxy groups -OCH3 is 1. The van der Waals surface area contributed by atoms with Gasteiger partial charge < -0.3 is 19.0 Å². The number of carbonyl (C=O) groups is 2. The van der Waals surface area contributed by atoms with E-state index < -0.39 is 0 Å². The van der Waals surface area contributed by atoms with Gasteiger partial charge >= 0.3 is 0 Å². The highest BCUT2D eigenvalue weighted by molar-refractivity contribution is 5.97. The third-order valence-corrected chi connectivity index (χ3v) is 6.34. The van der Waals surface area contributed by atoms with Gasteiger partial charge in [-0.05, 0) is 55.4 Å². The molecule has 0 unspecified atom stereocenters. The molecule has 0 radical (unpaired) electrons. The van der Waals surface area contributed by atoms with E-state index in [0.29, 0.717) is 18.6 Å². The van der Waals surface area contributed by atoms with Crippen LogP contribution >= 0.6 is 0 Å². The summed E-state index contributed by atoms with van der Waals surface area (Å²) in [5.41, 5.74) is 1.67. The van der Waals surface area contributed by atoms with Gasteiger partial charge in [0.05, 0.1) is 6.26 Å². The summed E-state index contributed by atoms with van der Waals surface area (Å²) in [6.07, 6.45) is 6.00. The lowest BCUT2D eigenvalue weighted by Gasteiger charge is -2.47. The Morgan fingerprint density at radius 1 is 1.21 bits per heavy atom. The first kappa shape index (κ1) is 19.0. The zero-order valence-electron chi connectivity index (χ0n) is 16.5. The molecule has 0 aliphatic carbocycles. The molecule has 2 aliphatic rings. The van der Waals surface area contributed by atoms with E-state index in [0.717, 1.165) is 62.8 Å². The van der Waals surface area contributed by atoms with Crippen LogP contribution in [0.1, 0.15) is 42.5 Å². The van der Waals surface area contributed by atoms with Crippen LogP contribution < -0.4 is 0 Å². The number of hydrogen-bond donors (Lipinski definition) is 0. The molecule has 2 fully saturated rings. The first-order valence-corrected chi connectivity index (χ1v) is 10.1. The fourth-order valence-corrected chi connectivity index (χ4v) is 4.58. The van der Waals surface area contributed by atoms with Crippen molar-refractivity contribution in [3.05, 3.63) is 36.1 Å².